The van der Waals surface area contributed by atoms with Gasteiger partial charge in [-0.15, -0.1) is 0 Å². The minimum Gasteiger partial charge on any atom is -0.465 e. The van der Waals surface area contributed by atoms with Crippen LogP contribution in [0.2, 0.25) is 0 Å². The van der Waals surface area contributed by atoms with Crippen molar-refractivity contribution in [3.63, 3.8) is 0 Å². The van der Waals surface area contributed by atoms with Crippen LogP contribution in [0, 0.1) is 0 Å². The van der Waals surface area contributed by atoms with Crippen LogP contribution < -0.4 is 0 Å². The lowest BCUT2D eigenvalue weighted by molar-refractivity contribution is 0.0600. The maximum Gasteiger partial charge on any atom is 0.337 e. The van der Waals surface area contributed by atoms with Crippen LogP contribution in [-0.2, 0) is 21.3 Å². The molecule has 0 amide bonds. The van der Waals surface area contributed by atoms with Gasteiger partial charge in [-0.05, 0) is 29.8 Å². The molecule has 0 spiro atoms. The molecule has 26 heavy (non-hydrogen) atoms. The second kappa shape index (κ2) is 7.99. The van der Waals surface area contributed by atoms with Crippen LogP contribution in [-0.4, -0.2) is 56.9 Å². The maximum atomic E-state index is 12.8. The summed E-state index contributed by atoms with van der Waals surface area (Å²) in [6.07, 6.45) is 0. The fourth-order valence-electron chi connectivity index (χ4n) is 3.00. The largest absolute Gasteiger partial charge is 0.465 e. The van der Waals surface area contributed by atoms with Crippen LogP contribution in [0.5, 0.6) is 0 Å². The zero-order chi connectivity index (χ0) is 18.6. The molecule has 0 unspecified atom stereocenters. The number of methoxy groups -OCH3 is 1. The predicted molar refractivity (Wildman–Crippen MR) is 98.3 cm³/mol. The summed E-state index contributed by atoms with van der Waals surface area (Å²) in [5, 5.41) is 0. The van der Waals surface area contributed by atoms with Gasteiger partial charge in [0.15, 0.2) is 0 Å². The van der Waals surface area contributed by atoms with E-state index in [4.69, 9.17) is 0 Å². The summed E-state index contributed by atoms with van der Waals surface area (Å²) in [7, 11) is -2.26. The topological polar surface area (TPSA) is 66.9 Å². The van der Waals surface area contributed by atoms with Crippen LogP contribution in [0.25, 0.3) is 0 Å². The molecule has 1 heterocycles. The lowest BCUT2D eigenvalue weighted by Crippen LogP contribution is -2.48. The molecule has 2 aromatic carbocycles. The highest BCUT2D eigenvalue weighted by Gasteiger charge is 2.28. The number of piperazine rings is 1. The molecule has 2 aromatic rings. The average Bonchev–Trinajstić information content (AvgIpc) is 2.68. The number of nitrogens with zero attached hydrogens (tertiary/aromatic N) is 2. The summed E-state index contributed by atoms with van der Waals surface area (Å²) >= 11 is 0. The summed E-state index contributed by atoms with van der Waals surface area (Å²) in [4.78, 5) is 13.9. The number of ether oxygens (including phenoxy) is 1. The molecule has 7 heteroatoms. The molecular formula is C19H22N2O4S. The first-order chi connectivity index (χ1) is 12.5. The second-order valence-electron chi connectivity index (χ2n) is 6.18. The van der Waals surface area contributed by atoms with Gasteiger partial charge in [-0.2, -0.15) is 4.31 Å². The molecule has 138 valence electrons. The van der Waals surface area contributed by atoms with Gasteiger partial charge in [0.1, 0.15) is 0 Å². The SMILES string of the molecule is COC(=O)c1ccc(S(=O)(=O)N2CCN(Cc3ccccc3)CC2)cc1. The first kappa shape index (κ1) is 18.6. The quantitative estimate of drug-likeness (QED) is 0.749. The standard InChI is InChI=1S/C19H22N2O4S/c1-25-19(22)17-7-9-18(10-8-17)26(23,24)21-13-11-20(12-14-21)15-16-5-3-2-4-6-16/h2-10H,11-15H2,1H3. The average molecular weight is 374 g/mol. The monoisotopic (exact) mass is 374 g/mol. The van der Waals surface area contributed by atoms with Gasteiger partial charge in [0.05, 0.1) is 17.6 Å². The van der Waals surface area contributed by atoms with Crippen molar-refractivity contribution < 1.29 is 17.9 Å². The fraction of sp³-hybridized carbons (Fsp3) is 0.316. The van der Waals surface area contributed by atoms with E-state index in [0.717, 1.165) is 6.54 Å². The molecular weight excluding hydrogens is 352 g/mol. The number of carbonyl (C=O) groups is 1. The molecule has 0 saturated carbocycles. The van der Waals surface area contributed by atoms with Crippen molar-refractivity contribution in [2.45, 2.75) is 11.4 Å². The minimum absolute atomic E-state index is 0.196. The van der Waals surface area contributed by atoms with Gasteiger partial charge in [-0.3, -0.25) is 4.90 Å². The van der Waals surface area contributed by atoms with Gasteiger partial charge in [-0.25, -0.2) is 13.2 Å². The van der Waals surface area contributed by atoms with Crippen molar-refractivity contribution in [2.75, 3.05) is 33.3 Å². The van der Waals surface area contributed by atoms with E-state index in [1.807, 2.05) is 18.2 Å². The maximum absolute atomic E-state index is 12.8. The Kier molecular flexibility index (Phi) is 5.70. The van der Waals surface area contributed by atoms with E-state index in [2.05, 4.69) is 21.8 Å². The number of hydrogen-bond donors (Lipinski definition) is 0. The van der Waals surface area contributed by atoms with Crippen LogP contribution in [0.4, 0.5) is 0 Å². The molecule has 0 radical (unpaired) electrons. The molecule has 0 atom stereocenters. The van der Waals surface area contributed by atoms with Gasteiger partial charge in [0, 0.05) is 32.7 Å². The number of benzene rings is 2. The molecule has 0 N–H and O–H groups in total. The Morgan fingerprint density at radius 1 is 0.962 bits per heavy atom. The summed E-state index contributed by atoms with van der Waals surface area (Å²) in [6, 6.07) is 16.0. The minimum atomic E-state index is -3.55. The molecule has 1 saturated heterocycles. The number of carbonyl (C=O) groups excluding carboxylic acids is 1. The summed E-state index contributed by atoms with van der Waals surface area (Å²) in [5.41, 5.74) is 1.56. The number of esters is 1. The third kappa shape index (κ3) is 4.12. The van der Waals surface area contributed by atoms with Crippen molar-refractivity contribution in [3.8, 4) is 0 Å². The Balaban J connectivity index is 1.63. The van der Waals surface area contributed by atoms with E-state index < -0.39 is 16.0 Å². The van der Waals surface area contributed by atoms with Gasteiger partial charge < -0.3 is 4.74 Å². The van der Waals surface area contributed by atoms with Crippen LogP contribution in [0.15, 0.2) is 59.5 Å². The first-order valence-corrected chi connectivity index (χ1v) is 9.89. The third-order valence-electron chi connectivity index (χ3n) is 4.49. The van der Waals surface area contributed by atoms with E-state index in [1.165, 1.54) is 41.2 Å². The molecule has 0 aliphatic carbocycles. The van der Waals surface area contributed by atoms with Gasteiger partial charge in [-0.1, -0.05) is 30.3 Å². The normalized spacial score (nSPS) is 16.3. The molecule has 0 bridgehead atoms. The lowest BCUT2D eigenvalue weighted by Gasteiger charge is -2.34. The van der Waals surface area contributed by atoms with Crippen molar-refractivity contribution in [2.24, 2.45) is 0 Å². The van der Waals surface area contributed by atoms with E-state index in [1.54, 1.807) is 0 Å². The first-order valence-electron chi connectivity index (χ1n) is 8.45. The van der Waals surface area contributed by atoms with Crippen LogP contribution in [0.3, 0.4) is 0 Å². The van der Waals surface area contributed by atoms with Gasteiger partial charge in [0.2, 0.25) is 10.0 Å². The molecule has 3 rings (SSSR count). The number of hydrogen-bond acceptors (Lipinski definition) is 5. The van der Waals surface area contributed by atoms with Crippen LogP contribution in [0.1, 0.15) is 15.9 Å². The van der Waals surface area contributed by atoms with E-state index in [9.17, 15) is 13.2 Å². The number of sulfonamides is 1. The smallest absolute Gasteiger partial charge is 0.337 e. The van der Waals surface area contributed by atoms with E-state index >= 15 is 0 Å². The molecule has 0 aromatic heterocycles. The Morgan fingerprint density at radius 3 is 2.15 bits per heavy atom. The predicted octanol–water partition coefficient (Wildman–Crippen LogP) is 1.98. The highest BCUT2D eigenvalue weighted by molar-refractivity contribution is 7.89. The Morgan fingerprint density at radius 2 is 1.58 bits per heavy atom. The highest BCUT2D eigenvalue weighted by atomic mass is 32.2. The van der Waals surface area contributed by atoms with Crippen LogP contribution >= 0.6 is 0 Å². The summed E-state index contributed by atoms with van der Waals surface area (Å²) < 4.78 is 31.7. The zero-order valence-corrected chi connectivity index (χ0v) is 15.5. The lowest BCUT2D eigenvalue weighted by atomic mass is 10.2. The summed E-state index contributed by atoms with van der Waals surface area (Å²) in [5.74, 6) is -0.483. The van der Waals surface area contributed by atoms with Crippen molar-refractivity contribution in [1.82, 2.24) is 9.21 Å². The van der Waals surface area contributed by atoms with E-state index in [-0.39, 0.29) is 4.90 Å². The molecule has 6 nitrogen and oxygen atoms in total. The highest BCUT2D eigenvalue weighted by Crippen LogP contribution is 2.19. The van der Waals surface area contributed by atoms with Crippen molar-refractivity contribution in [1.29, 1.82) is 0 Å². The molecule has 1 aliphatic heterocycles. The molecule has 1 fully saturated rings. The zero-order valence-electron chi connectivity index (χ0n) is 14.7. The Hall–Kier alpha value is -2.22. The van der Waals surface area contributed by atoms with Gasteiger partial charge in [0.25, 0.3) is 0 Å². The Labute approximate surface area is 154 Å². The van der Waals surface area contributed by atoms with Crippen molar-refractivity contribution in [3.05, 3.63) is 65.7 Å². The van der Waals surface area contributed by atoms with E-state index in [0.29, 0.717) is 31.7 Å². The Bertz CT molecular complexity index is 843. The number of rotatable bonds is 5. The summed E-state index contributed by atoms with van der Waals surface area (Å²) in [6.45, 7) is 3.10. The third-order valence-corrected chi connectivity index (χ3v) is 6.41. The molecule has 1 aliphatic rings. The second-order valence-corrected chi connectivity index (χ2v) is 8.12. The van der Waals surface area contributed by atoms with Crippen molar-refractivity contribution >= 4 is 16.0 Å². The van der Waals surface area contributed by atoms with Gasteiger partial charge >= 0.3 is 5.97 Å². The fourth-order valence-corrected chi connectivity index (χ4v) is 4.42.